The van der Waals surface area contributed by atoms with E-state index in [1.165, 1.54) is 16.7 Å². The summed E-state index contributed by atoms with van der Waals surface area (Å²) in [6, 6.07) is 17.1. The number of hydrogen-bond donors (Lipinski definition) is 0. The van der Waals surface area contributed by atoms with Crippen molar-refractivity contribution in [2.24, 2.45) is 0 Å². The van der Waals surface area contributed by atoms with E-state index in [1.807, 2.05) is 17.7 Å². The molecule has 0 fully saturated rings. The van der Waals surface area contributed by atoms with Crippen molar-refractivity contribution in [2.45, 2.75) is 52.4 Å². The third-order valence-corrected chi connectivity index (χ3v) is 5.63. The monoisotopic (exact) mass is 358 g/mol. The van der Waals surface area contributed by atoms with Crippen molar-refractivity contribution in [3.63, 3.8) is 0 Å². The number of fused-ring (bicyclic) bond motifs is 1. The van der Waals surface area contributed by atoms with Crippen LogP contribution in [-0.2, 0) is 6.42 Å². The van der Waals surface area contributed by atoms with Crippen LogP contribution < -0.4 is 0 Å². The highest BCUT2D eigenvalue weighted by Gasteiger charge is 2.32. The SMILES string of the molecule is Cc1cccc(-n2nc(C)c3c2C[C@@H](c2ccc(C(C)C)cc2)CC3=O)c1. The van der Waals surface area contributed by atoms with Crippen LogP contribution in [0, 0.1) is 13.8 Å². The second-order valence-electron chi connectivity index (χ2n) is 8.01. The summed E-state index contributed by atoms with van der Waals surface area (Å²) < 4.78 is 1.98. The van der Waals surface area contributed by atoms with Gasteiger partial charge in [0.05, 0.1) is 22.6 Å². The highest BCUT2D eigenvalue weighted by molar-refractivity contribution is 6.00. The minimum absolute atomic E-state index is 0.214. The van der Waals surface area contributed by atoms with Crippen LogP contribution >= 0.6 is 0 Å². The standard InChI is InChI=1S/C24H26N2O/c1-15(2)18-8-10-19(11-9-18)20-13-22-24(23(27)14-20)17(4)25-26(22)21-7-5-6-16(3)12-21/h5-12,15,20H,13-14H2,1-4H3/t20-/m1/s1. The first-order valence-corrected chi connectivity index (χ1v) is 9.72. The molecule has 4 rings (SSSR count). The maximum atomic E-state index is 12.9. The third kappa shape index (κ3) is 3.23. The maximum absolute atomic E-state index is 12.9. The molecule has 3 nitrogen and oxygen atoms in total. The lowest BCUT2D eigenvalue weighted by atomic mass is 9.81. The zero-order chi connectivity index (χ0) is 19.1. The number of ketones is 1. The number of carbonyl (C=O) groups excluding carboxylic acids is 1. The number of aromatic nitrogens is 2. The van der Waals surface area contributed by atoms with Crippen LogP contribution in [0.25, 0.3) is 5.69 Å². The average Bonchev–Trinajstić information content (AvgIpc) is 2.99. The Bertz CT molecular complexity index is 996. The largest absolute Gasteiger partial charge is 0.294 e. The molecule has 1 aliphatic carbocycles. The number of aryl methyl sites for hydroxylation is 2. The number of benzene rings is 2. The predicted octanol–water partition coefficient (Wildman–Crippen LogP) is 5.53. The van der Waals surface area contributed by atoms with E-state index < -0.39 is 0 Å². The van der Waals surface area contributed by atoms with Crippen LogP contribution in [0.3, 0.4) is 0 Å². The maximum Gasteiger partial charge on any atom is 0.167 e. The van der Waals surface area contributed by atoms with Gasteiger partial charge in [0, 0.05) is 6.42 Å². The Balaban J connectivity index is 1.73. The molecule has 0 saturated carbocycles. The fourth-order valence-electron chi connectivity index (χ4n) is 4.12. The molecule has 2 aromatic carbocycles. The molecule has 3 heteroatoms. The summed E-state index contributed by atoms with van der Waals surface area (Å²) >= 11 is 0. The third-order valence-electron chi connectivity index (χ3n) is 5.63. The van der Waals surface area contributed by atoms with E-state index in [0.717, 1.165) is 29.1 Å². The first-order chi connectivity index (χ1) is 12.9. The molecular weight excluding hydrogens is 332 g/mol. The molecule has 0 spiro atoms. The van der Waals surface area contributed by atoms with Gasteiger partial charge in [0.25, 0.3) is 0 Å². The van der Waals surface area contributed by atoms with E-state index >= 15 is 0 Å². The molecule has 138 valence electrons. The van der Waals surface area contributed by atoms with Gasteiger partial charge in [0.15, 0.2) is 5.78 Å². The molecule has 0 saturated heterocycles. The van der Waals surface area contributed by atoms with Gasteiger partial charge >= 0.3 is 0 Å². The molecule has 1 aromatic heterocycles. The van der Waals surface area contributed by atoms with Gasteiger partial charge in [-0.2, -0.15) is 5.10 Å². The number of carbonyl (C=O) groups is 1. The molecule has 0 radical (unpaired) electrons. The van der Waals surface area contributed by atoms with Crippen LogP contribution in [0.15, 0.2) is 48.5 Å². The van der Waals surface area contributed by atoms with E-state index in [-0.39, 0.29) is 11.7 Å². The van der Waals surface area contributed by atoms with Gasteiger partial charge in [0.1, 0.15) is 0 Å². The van der Waals surface area contributed by atoms with Gasteiger partial charge in [-0.05, 0) is 60.9 Å². The lowest BCUT2D eigenvalue weighted by Crippen LogP contribution is -2.20. The van der Waals surface area contributed by atoms with Gasteiger partial charge in [-0.25, -0.2) is 4.68 Å². The van der Waals surface area contributed by atoms with Gasteiger partial charge in [-0.1, -0.05) is 50.2 Å². The second kappa shape index (κ2) is 6.80. The first kappa shape index (κ1) is 17.7. The van der Waals surface area contributed by atoms with Gasteiger partial charge in [-0.15, -0.1) is 0 Å². The summed E-state index contributed by atoms with van der Waals surface area (Å²) in [4.78, 5) is 12.9. The fraction of sp³-hybridized carbons (Fsp3) is 0.333. The van der Waals surface area contributed by atoms with E-state index in [0.29, 0.717) is 12.3 Å². The minimum atomic E-state index is 0.214. The lowest BCUT2D eigenvalue weighted by molar-refractivity contribution is 0.0963. The Morgan fingerprint density at radius 2 is 1.78 bits per heavy atom. The van der Waals surface area contributed by atoms with Crippen molar-refractivity contribution in [1.29, 1.82) is 0 Å². The second-order valence-corrected chi connectivity index (χ2v) is 8.01. The van der Waals surface area contributed by atoms with Gasteiger partial charge < -0.3 is 0 Å². The Hall–Kier alpha value is -2.68. The average molecular weight is 358 g/mol. The molecule has 1 heterocycles. The van der Waals surface area contributed by atoms with E-state index in [2.05, 4.69) is 63.2 Å². The van der Waals surface area contributed by atoms with Crippen molar-refractivity contribution >= 4 is 5.78 Å². The molecular formula is C24H26N2O. The molecule has 1 aliphatic rings. The van der Waals surface area contributed by atoms with Crippen LogP contribution in [0.2, 0.25) is 0 Å². The molecule has 0 bridgehead atoms. The molecule has 0 unspecified atom stereocenters. The quantitative estimate of drug-likeness (QED) is 0.617. The molecule has 0 amide bonds. The zero-order valence-corrected chi connectivity index (χ0v) is 16.5. The summed E-state index contributed by atoms with van der Waals surface area (Å²) in [5, 5.41) is 4.72. The number of Topliss-reactive ketones (excluding diaryl/α,β-unsaturated/α-hetero) is 1. The summed E-state index contributed by atoms with van der Waals surface area (Å²) in [7, 11) is 0. The van der Waals surface area contributed by atoms with Crippen molar-refractivity contribution in [1.82, 2.24) is 9.78 Å². The minimum Gasteiger partial charge on any atom is -0.294 e. The summed E-state index contributed by atoms with van der Waals surface area (Å²) in [6.45, 7) is 8.43. The van der Waals surface area contributed by atoms with Crippen molar-refractivity contribution in [3.8, 4) is 5.69 Å². The number of nitrogens with zero attached hydrogens (tertiary/aromatic N) is 2. The van der Waals surface area contributed by atoms with Crippen LogP contribution in [0.5, 0.6) is 0 Å². The zero-order valence-electron chi connectivity index (χ0n) is 16.5. The highest BCUT2D eigenvalue weighted by Crippen LogP contribution is 2.35. The van der Waals surface area contributed by atoms with E-state index in [4.69, 9.17) is 5.10 Å². The predicted molar refractivity (Wildman–Crippen MR) is 109 cm³/mol. The summed E-state index contributed by atoms with van der Waals surface area (Å²) in [6.07, 6.45) is 1.41. The molecule has 3 aromatic rings. The Morgan fingerprint density at radius 1 is 1.04 bits per heavy atom. The fourth-order valence-corrected chi connectivity index (χ4v) is 4.12. The normalized spacial score (nSPS) is 16.6. The molecule has 1 atom stereocenters. The van der Waals surface area contributed by atoms with Crippen molar-refractivity contribution in [3.05, 3.63) is 82.2 Å². The van der Waals surface area contributed by atoms with Gasteiger partial charge in [0.2, 0.25) is 0 Å². The summed E-state index contributed by atoms with van der Waals surface area (Å²) in [5.74, 6) is 0.945. The Labute approximate surface area is 161 Å². The molecule has 0 N–H and O–H groups in total. The van der Waals surface area contributed by atoms with Crippen LogP contribution in [0.1, 0.15) is 70.5 Å². The lowest BCUT2D eigenvalue weighted by Gasteiger charge is -2.23. The van der Waals surface area contributed by atoms with Crippen LogP contribution in [-0.4, -0.2) is 15.6 Å². The van der Waals surface area contributed by atoms with Gasteiger partial charge in [-0.3, -0.25) is 4.79 Å². The van der Waals surface area contributed by atoms with E-state index in [9.17, 15) is 4.79 Å². The first-order valence-electron chi connectivity index (χ1n) is 9.72. The smallest absolute Gasteiger partial charge is 0.167 e. The van der Waals surface area contributed by atoms with Crippen molar-refractivity contribution < 1.29 is 4.79 Å². The molecule has 0 aliphatic heterocycles. The molecule has 27 heavy (non-hydrogen) atoms. The Morgan fingerprint density at radius 3 is 2.44 bits per heavy atom. The topological polar surface area (TPSA) is 34.9 Å². The van der Waals surface area contributed by atoms with E-state index in [1.54, 1.807) is 0 Å². The van der Waals surface area contributed by atoms with Crippen molar-refractivity contribution in [2.75, 3.05) is 0 Å². The summed E-state index contributed by atoms with van der Waals surface area (Å²) in [5.41, 5.74) is 7.51. The highest BCUT2D eigenvalue weighted by atomic mass is 16.1. The number of rotatable bonds is 3. The van der Waals surface area contributed by atoms with Crippen LogP contribution in [0.4, 0.5) is 0 Å². The Kier molecular flexibility index (Phi) is 4.47. The number of hydrogen-bond acceptors (Lipinski definition) is 2.